The van der Waals surface area contributed by atoms with Gasteiger partial charge >= 0.3 is 5.97 Å². The average Bonchev–Trinajstić information content (AvgIpc) is 2.97. The molecule has 3 nitrogen and oxygen atoms in total. The number of hydrogen-bond acceptors (Lipinski definition) is 4. The number of hydrogen-bond donors (Lipinski definition) is 1. The first-order valence-corrected chi connectivity index (χ1v) is 6.89. The Bertz CT molecular complexity index is 234. The molecule has 0 heterocycles. The van der Waals surface area contributed by atoms with Gasteiger partial charge in [-0.3, -0.25) is 4.79 Å². The van der Waals surface area contributed by atoms with Gasteiger partial charge in [-0.15, -0.1) is 0 Å². The van der Waals surface area contributed by atoms with E-state index in [2.05, 4.69) is 26.1 Å². The summed E-state index contributed by atoms with van der Waals surface area (Å²) in [6.07, 6.45) is 3.24. The highest BCUT2D eigenvalue weighted by Crippen LogP contribution is 2.25. The SMILES string of the molecule is COC(=O)C(CCSC(C)(C)C)NC1CC1. The van der Waals surface area contributed by atoms with Crippen molar-refractivity contribution in [1.29, 1.82) is 0 Å². The van der Waals surface area contributed by atoms with E-state index in [9.17, 15) is 4.79 Å². The molecule has 1 atom stereocenters. The lowest BCUT2D eigenvalue weighted by molar-refractivity contribution is -0.143. The number of nitrogens with one attached hydrogen (secondary N) is 1. The van der Waals surface area contributed by atoms with Gasteiger partial charge in [0, 0.05) is 10.8 Å². The minimum absolute atomic E-state index is 0.118. The fourth-order valence-corrected chi connectivity index (χ4v) is 2.39. The first-order chi connectivity index (χ1) is 7.42. The van der Waals surface area contributed by atoms with Crippen molar-refractivity contribution < 1.29 is 9.53 Å². The molecule has 0 aromatic rings. The zero-order valence-electron chi connectivity index (χ0n) is 10.7. The third-order valence-corrected chi connectivity index (χ3v) is 3.75. The van der Waals surface area contributed by atoms with Crippen LogP contribution in [0.25, 0.3) is 0 Å². The predicted octanol–water partition coefficient (Wildman–Crippen LogP) is 2.20. The van der Waals surface area contributed by atoms with Crippen LogP contribution in [0, 0.1) is 0 Å². The van der Waals surface area contributed by atoms with E-state index in [1.54, 1.807) is 0 Å². The van der Waals surface area contributed by atoms with Crippen molar-refractivity contribution in [2.24, 2.45) is 0 Å². The van der Waals surface area contributed by atoms with Crippen molar-refractivity contribution in [3.05, 3.63) is 0 Å². The van der Waals surface area contributed by atoms with Gasteiger partial charge in [-0.2, -0.15) is 11.8 Å². The molecule has 0 saturated heterocycles. The van der Waals surface area contributed by atoms with Gasteiger partial charge in [0.15, 0.2) is 0 Å². The molecule has 0 bridgehead atoms. The maximum atomic E-state index is 11.5. The predicted molar refractivity (Wildman–Crippen MR) is 68.8 cm³/mol. The Morgan fingerprint density at radius 2 is 2.12 bits per heavy atom. The normalized spacial score (nSPS) is 18.2. The lowest BCUT2D eigenvalue weighted by Gasteiger charge is -2.20. The van der Waals surface area contributed by atoms with Crippen LogP contribution in [0.15, 0.2) is 0 Å². The van der Waals surface area contributed by atoms with E-state index in [1.807, 2.05) is 11.8 Å². The van der Waals surface area contributed by atoms with Crippen molar-refractivity contribution in [3.8, 4) is 0 Å². The number of esters is 1. The summed E-state index contributed by atoms with van der Waals surface area (Å²) in [6.45, 7) is 6.58. The van der Waals surface area contributed by atoms with Gasteiger partial charge in [0.2, 0.25) is 0 Å². The van der Waals surface area contributed by atoms with Crippen molar-refractivity contribution in [3.63, 3.8) is 0 Å². The molecule has 0 aliphatic heterocycles. The number of thioether (sulfide) groups is 1. The number of methoxy groups -OCH3 is 1. The molecule has 1 N–H and O–H groups in total. The van der Waals surface area contributed by atoms with Crippen LogP contribution < -0.4 is 5.32 Å². The van der Waals surface area contributed by atoms with Crippen molar-refractivity contribution in [1.82, 2.24) is 5.32 Å². The Balaban J connectivity index is 2.28. The lowest BCUT2D eigenvalue weighted by atomic mass is 10.2. The fraction of sp³-hybridized carbons (Fsp3) is 0.917. The first kappa shape index (κ1) is 13.8. The van der Waals surface area contributed by atoms with Crippen LogP contribution in [0.5, 0.6) is 0 Å². The largest absolute Gasteiger partial charge is 0.468 e. The van der Waals surface area contributed by atoms with E-state index >= 15 is 0 Å². The summed E-state index contributed by atoms with van der Waals surface area (Å²) in [5.41, 5.74) is 0. The molecule has 1 fully saturated rings. The summed E-state index contributed by atoms with van der Waals surface area (Å²) in [4.78, 5) is 11.5. The molecular formula is C12H23NO2S. The van der Waals surface area contributed by atoms with Crippen molar-refractivity contribution >= 4 is 17.7 Å². The molecular weight excluding hydrogens is 222 g/mol. The molecule has 94 valence electrons. The Labute approximate surface area is 103 Å². The Hall–Kier alpha value is -0.220. The Morgan fingerprint density at radius 1 is 1.50 bits per heavy atom. The lowest BCUT2D eigenvalue weighted by Crippen LogP contribution is -2.39. The summed E-state index contributed by atoms with van der Waals surface area (Å²) in [5.74, 6) is 0.865. The highest BCUT2D eigenvalue weighted by Gasteiger charge is 2.28. The van der Waals surface area contributed by atoms with Crippen LogP contribution in [0.2, 0.25) is 0 Å². The van der Waals surface area contributed by atoms with Crippen LogP contribution in [0.1, 0.15) is 40.0 Å². The van der Waals surface area contributed by atoms with Gasteiger partial charge in [0.25, 0.3) is 0 Å². The molecule has 4 heteroatoms. The van der Waals surface area contributed by atoms with Gasteiger partial charge in [0.1, 0.15) is 6.04 Å². The molecule has 0 aromatic carbocycles. The molecule has 1 aliphatic carbocycles. The summed E-state index contributed by atoms with van der Waals surface area (Å²) in [7, 11) is 1.46. The smallest absolute Gasteiger partial charge is 0.322 e. The zero-order chi connectivity index (χ0) is 12.2. The molecule has 0 radical (unpaired) electrons. The van der Waals surface area contributed by atoms with Gasteiger partial charge in [-0.05, 0) is 25.0 Å². The molecule has 0 amide bonds. The number of ether oxygens (including phenoxy) is 1. The van der Waals surface area contributed by atoms with Gasteiger partial charge in [-0.25, -0.2) is 0 Å². The van der Waals surface area contributed by atoms with Crippen LogP contribution >= 0.6 is 11.8 Å². The van der Waals surface area contributed by atoms with Crippen LogP contribution in [0.4, 0.5) is 0 Å². The molecule has 1 unspecified atom stereocenters. The van der Waals surface area contributed by atoms with Crippen molar-refractivity contribution in [2.45, 2.75) is 56.9 Å². The quantitative estimate of drug-likeness (QED) is 0.728. The second-order valence-electron chi connectivity index (χ2n) is 5.27. The molecule has 1 aliphatic rings. The van der Waals surface area contributed by atoms with Crippen LogP contribution in [0.3, 0.4) is 0 Å². The van der Waals surface area contributed by atoms with E-state index < -0.39 is 0 Å². The summed E-state index contributed by atoms with van der Waals surface area (Å²) >= 11 is 1.89. The molecule has 0 aromatic heterocycles. The van der Waals surface area contributed by atoms with Crippen LogP contribution in [-0.2, 0) is 9.53 Å². The number of rotatable bonds is 6. The Morgan fingerprint density at radius 3 is 2.56 bits per heavy atom. The summed E-state index contributed by atoms with van der Waals surface area (Å²) in [6, 6.07) is 0.427. The molecule has 1 saturated carbocycles. The third-order valence-electron chi connectivity index (χ3n) is 2.44. The minimum atomic E-state index is -0.124. The first-order valence-electron chi connectivity index (χ1n) is 5.90. The molecule has 1 rings (SSSR count). The molecule has 0 spiro atoms. The standard InChI is InChI=1S/C12H23NO2S/c1-12(2,3)16-8-7-10(11(14)15-4)13-9-5-6-9/h9-10,13H,5-8H2,1-4H3. The maximum Gasteiger partial charge on any atom is 0.322 e. The van der Waals surface area contributed by atoms with Gasteiger partial charge in [0.05, 0.1) is 7.11 Å². The molecule has 16 heavy (non-hydrogen) atoms. The second-order valence-corrected chi connectivity index (χ2v) is 7.19. The summed E-state index contributed by atoms with van der Waals surface area (Å²) in [5, 5.41) is 3.34. The highest BCUT2D eigenvalue weighted by molar-refractivity contribution is 8.00. The van der Waals surface area contributed by atoms with Gasteiger partial charge < -0.3 is 10.1 Å². The van der Waals surface area contributed by atoms with E-state index in [-0.39, 0.29) is 16.8 Å². The van der Waals surface area contributed by atoms with E-state index in [1.165, 1.54) is 20.0 Å². The Kier molecular flexibility index (Phi) is 5.12. The summed E-state index contributed by atoms with van der Waals surface area (Å²) < 4.78 is 5.08. The van der Waals surface area contributed by atoms with E-state index in [4.69, 9.17) is 4.74 Å². The highest BCUT2D eigenvalue weighted by atomic mass is 32.2. The van der Waals surface area contributed by atoms with E-state index in [0.717, 1.165) is 12.2 Å². The second kappa shape index (κ2) is 5.92. The van der Waals surface area contributed by atoms with Crippen LogP contribution in [-0.4, -0.2) is 35.7 Å². The average molecular weight is 245 g/mol. The monoisotopic (exact) mass is 245 g/mol. The minimum Gasteiger partial charge on any atom is -0.468 e. The number of carbonyl (C=O) groups excluding carboxylic acids is 1. The van der Waals surface area contributed by atoms with Crippen molar-refractivity contribution in [2.75, 3.05) is 12.9 Å². The zero-order valence-corrected chi connectivity index (χ0v) is 11.5. The maximum absolute atomic E-state index is 11.5. The topological polar surface area (TPSA) is 38.3 Å². The number of carbonyl (C=O) groups is 1. The third kappa shape index (κ3) is 5.75. The fourth-order valence-electron chi connectivity index (χ4n) is 1.43. The van der Waals surface area contributed by atoms with E-state index in [0.29, 0.717) is 6.04 Å². The van der Waals surface area contributed by atoms with Gasteiger partial charge in [-0.1, -0.05) is 20.8 Å².